The Kier molecular flexibility index (Phi) is 15.8. The molecule has 4 nitrogen and oxygen atoms in total. The molecule has 6 heteroatoms. The van der Waals surface area contributed by atoms with Crippen LogP contribution < -0.4 is 0 Å². The summed E-state index contributed by atoms with van der Waals surface area (Å²) < 4.78 is 4.94. The van der Waals surface area contributed by atoms with E-state index >= 15 is 0 Å². The molecule has 0 bridgehead atoms. The Balaban J connectivity index is 1.74. The summed E-state index contributed by atoms with van der Waals surface area (Å²) in [6.45, 7) is 8.45. The molecule has 0 aliphatic carbocycles. The van der Waals surface area contributed by atoms with Crippen LogP contribution in [-0.4, -0.2) is 30.2 Å². The molecule has 0 radical (unpaired) electrons. The van der Waals surface area contributed by atoms with Gasteiger partial charge in [-0.2, -0.15) is 4.89 Å². The first-order chi connectivity index (χ1) is 13.2. The molecule has 0 N–H and O–H groups in total. The molecule has 0 aromatic heterocycles. The molecule has 0 amide bonds. The van der Waals surface area contributed by atoms with Crippen molar-refractivity contribution in [2.24, 2.45) is 0 Å². The monoisotopic (exact) mass is 416 g/mol. The summed E-state index contributed by atoms with van der Waals surface area (Å²) in [5.41, 5.74) is 0. The Bertz CT molecular complexity index is 409. The molecule has 0 saturated carbocycles. The number of allylic oxidation sites excluding steroid dienone is 1. The van der Waals surface area contributed by atoms with Crippen molar-refractivity contribution in [3.05, 3.63) is 25.0 Å². The molecule has 1 unspecified atom stereocenters. The molecule has 156 valence electrons. The molecule has 1 atom stereocenters. The first kappa shape index (κ1) is 24.4. The molecule has 1 heterocycles. The van der Waals surface area contributed by atoms with E-state index in [2.05, 4.69) is 13.2 Å². The Labute approximate surface area is 173 Å². The zero-order valence-electron chi connectivity index (χ0n) is 16.6. The summed E-state index contributed by atoms with van der Waals surface area (Å²) in [6, 6.07) is 0. The van der Waals surface area contributed by atoms with Crippen LogP contribution in [0.25, 0.3) is 0 Å². The smallest absolute Gasteiger partial charge is 0.330 e. The van der Waals surface area contributed by atoms with E-state index in [4.69, 9.17) is 14.5 Å². The minimum absolute atomic E-state index is 0.327. The molecule has 1 fully saturated rings. The summed E-state index contributed by atoms with van der Waals surface area (Å²) in [5, 5.41) is 0.818. The van der Waals surface area contributed by atoms with E-state index in [1.807, 2.05) is 21.6 Å². The molecule has 1 aliphatic rings. The lowest BCUT2D eigenvalue weighted by Crippen LogP contribution is -2.01. The molecule has 0 aromatic rings. The van der Waals surface area contributed by atoms with Crippen molar-refractivity contribution in [2.75, 3.05) is 19.0 Å². The second kappa shape index (κ2) is 17.5. The predicted molar refractivity (Wildman–Crippen MR) is 117 cm³/mol. The topological polar surface area (TPSA) is 44.8 Å². The van der Waals surface area contributed by atoms with Crippen LogP contribution in [0.15, 0.2) is 25.0 Å². The van der Waals surface area contributed by atoms with E-state index in [9.17, 15) is 4.79 Å². The number of rotatable bonds is 18. The fourth-order valence-electron chi connectivity index (χ4n) is 2.81. The highest BCUT2D eigenvalue weighted by Gasteiger charge is 2.15. The fraction of sp³-hybridized carbons (Fsp3) is 0.762. The maximum absolute atomic E-state index is 10.9. The third-order valence-electron chi connectivity index (χ3n) is 4.42. The summed E-state index contributed by atoms with van der Waals surface area (Å²) in [5.74, 6) is 1.72. The van der Waals surface area contributed by atoms with Crippen molar-refractivity contribution in [3.63, 3.8) is 0 Å². The van der Waals surface area contributed by atoms with E-state index in [-0.39, 0.29) is 5.97 Å². The third-order valence-corrected chi connectivity index (χ3v) is 7.43. The summed E-state index contributed by atoms with van der Waals surface area (Å²) in [4.78, 5) is 21.4. The van der Waals surface area contributed by atoms with Crippen LogP contribution in [0.5, 0.6) is 0 Å². The van der Waals surface area contributed by atoms with Gasteiger partial charge in [-0.15, -0.1) is 0 Å². The van der Waals surface area contributed by atoms with Crippen molar-refractivity contribution in [1.82, 2.24) is 0 Å². The van der Waals surface area contributed by atoms with E-state index in [0.29, 0.717) is 13.2 Å². The molecule has 1 saturated heterocycles. The first-order valence-corrected chi connectivity index (χ1v) is 12.7. The number of carbonyl (C=O) groups is 1. The van der Waals surface area contributed by atoms with E-state index in [1.165, 1.54) is 56.8 Å². The number of unbranched alkanes of at least 4 members (excludes halogenated alkanes) is 7. The van der Waals surface area contributed by atoms with Gasteiger partial charge in [-0.25, -0.2) is 4.79 Å². The Morgan fingerprint density at radius 2 is 1.67 bits per heavy atom. The van der Waals surface area contributed by atoms with Crippen LogP contribution in [0, 0.1) is 0 Å². The Hall–Kier alpha value is -0.590. The molecular weight excluding hydrogens is 380 g/mol. The van der Waals surface area contributed by atoms with Crippen LogP contribution in [0.3, 0.4) is 0 Å². The van der Waals surface area contributed by atoms with E-state index < -0.39 is 0 Å². The van der Waals surface area contributed by atoms with Gasteiger partial charge in [0, 0.05) is 23.5 Å². The van der Waals surface area contributed by atoms with Crippen LogP contribution in [0.4, 0.5) is 0 Å². The number of hydrogen-bond donors (Lipinski definition) is 0. The number of ether oxygens (including phenoxy) is 1. The standard InChI is InChI=1S/C21H36O4S2/c1-3-21(22)23-16-10-8-6-4-5-7-9-11-17-24-25-19(2)13-12-14-20-15-18-26-27-20/h3,20H,1-2,4-18H2. The van der Waals surface area contributed by atoms with Crippen LogP contribution >= 0.6 is 21.6 Å². The summed E-state index contributed by atoms with van der Waals surface area (Å²) in [6.07, 6.45) is 15.0. The van der Waals surface area contributed by atoms with Gasteiger partial charge in [0.05, 0.1) is 13.2 Å². The lowest BCUT2D eigenvalue weighted by molar-refractivity contribution is -0.264. The largest absolute Gasteiger partial charge is 0.463 e. The Morgan fingerprint density at radius 1 is 1.00 bits per heavy atom. The van der Waals surface area contributed by atoms with Gasteiger partial charge in [0.1, 0.15) is 5.76 Å². The third kappa shape index (κ3) is 15.1. The highest BCUT2D eigenvalue weighted by molar-refractivity contribution is 8.77. The van der Waals surface area contributed by atoms with Gasteiger partial charge in [0.2, 0.25) is 0 Å². The molecule has 0 aromatic carbocycles. The van der Waals surface area contributed by atoms with Gasteiger partial charge >= 0.3 is 5.97 Å². The normalized spacial score (nSPS) is 16.2. The zero-order chi connectivity index (χ0) is 19.6. The van der Waals surface area contributed by atoms with Gasteiger partial charge < -0.3 is 9.62 Å². The highest BCUT2D eigenvalue weighted by Crippen LogP contribution is 2.40. The minimum Gasteiger partial charge on any atom is -0.463 e. The van der Waals surface area contributed by atoms with Crippen molar-refractivity contribution in [2.45, 2.75) is 82.3 Å². The maximum Gasteiger partial charge on any atom is 0.330 e. The van der Waals surface area contributed by atoms with Crippen molar-refractivity contribution in [1.29, 1.82) is 0 Å². The zero-order valence-corrected chi connectivity index (χ0v) is 18.3. The second-order valence-corrected chi connectivity index (χ2v) is 9.65. The van der Waals surface area contributed by atoms with Crippen molar-refractivity contribution in [3.8, 4) is 0 Å². The minimum atomic E-state index is -0.327. The van der Waals surface area contributed by atoms with Gasteiger partial charge in [-0.3, -0.25) is 0 Å². The van der Waals surface area contributed by atoms with Crippen LogP contribution in [-0.2, 0) is 19.3 Å². The molecule has 1 rings (SSSR count). The average molecular weight is 417 g/mol. The van der Waals surface area contributed by atoms with Crippen LogP contribution in [0.1, 0.15) is 77.0 Å². The average Bonchev–Trinajstić information content (AvgIpc) is 3.18. The maximum atomic E-state index is 10.9. The Morgan fingerprint density at radius 3 is 2.30 bits per heavy atom. The number of carbonyl (C=O) groups excluding carboxylic acids is 1. The van der Waals surface area contributed by atoms with Gasteiger partial charge in [0.15, 0.2) is 0 Å². The lowest BCUT2D eigenvalue weighted by Gasteiger charge is -2.09. The molecule has 27 heavy (non-hydrogen) atoms. The molecule has 0 spiro atoms. The quantitative estimate of drug-likeness (QED) is 0.0476. The van der Waals surface area contributed by atoms with E-state index in [0.717, 1.165) is 43.1 Å². The van der Waals surface area contributed by atoms with Gasteiger partial charge in [0.25, 0.3) is 0 Å². The lowest BCUT2D eigenvalue weighted by atomic mass is 10.1. The fourth-order valence-corrected chi connectivity index (χ4v) is 5.84. The van der Waals surface area contributed by atoms with Crippen molar-refractivity contribution >= 4 is 27.6 Å². The molecular formula is C21H36O4S2. The predicted octanol–water partition coefficient (Wildman–Crippen LogP) is 6.62. The highest BCUT2D eigenvalue weighted by atomic mass is 33.1. The SMILES string of the molecule is C=CC(=O)OCCCCCCCCCCOOC(=C)CCCC1CCSS1. The number of hydrogen-bond acceptors (Lipinski definition) is 6. The first-order valence-electron chi connectivity index (χ1n) is 10.3. The van der Waals surface area contributed by atoms with Gasteiger partial charge in [-0.1, -0.05) is 73.3 Å². The van der Waals surface area contributed by atoms with E-state index in [1.54, 1.807) is 0 Å². The van der Waals surface area contributed by atoms with Crippen LogP contribution in [0.2, 0.25) is 0 Å². The second-order valence-electron chi connectivity index (χ2n) is 6.87. The van der Waals surface area contributed by atoms with Gasteiger partial charge in [-0.05, 0) is 32.1 Å². The number of esters is 1. The van der Waals surface area contributed by atoms with Crippen molar-refractivity contribution < 1.29 is 19.3 Å². The summed E-state index contributed by atoms with van der Waals surface area (Å²) >= 11 is 0. The molecule has 1 aliphatic heterocycles. The summed E-state index contributed by atoms with van der Waals surface area (Å²) in [7, 11) is 4.02.